The van der Waals surface area contributed by atoms with Crippen LogP contribution in [0.15, 0.2) is 53.7 Å². The molecule has 1 aromatic heterocycles. The number of piperazine rings is 1. The third-order valence-electron chi connectivity index (χ3n) is 5.05. The number of hydrogen-bond donors (Lipinski definition) is 0. The molecule has 0 spiro atoms. The average molecular weight is 433 g/mol. The van der Waals surface area contributed by atoms with Gasteiger partial charge in [-0.25, -0.2) is 13.1 Å². The van der Waals surface area contributed by atoms with Crippen LogP contribution in [0.5, 0.6) is 0 Å². The largest absolute Gasteiger partial charge is 0.296 e. The predicted octanol–water partition coefficient (Wildman–Crippen LogP) is 2.13. The van der Waals surface area contributed by atoms with E-state index in [1.807, 2.05) is 31.2 Å². The Bertz CT molecular complexity index is 1080. The van der Waals surface area contributed by atoms with E-state index in [4.69, 9.17) is 11.6 Å². The van der Waals surface area contributed by atoms with Crippen molar-refractivity contribution in [3.8, 4) is 5.69 Å². The van der Waals surface area contributed by atoms with Crippen molar-refractivity contribution in [2.75, 3.05) is 26.2 Å². The highest BCUT2D eigenvalue weighted by Crippen LogP contribution is 2.23. The van der Waals surface area contributed by atoms with E-state index in [1.54, 1.807) is 22.5 Å². The van der Waals surface area contributed by atoms with E-state index >= 15 is 0 Å². The van der Waals surface area contributed by atoms with E-state index in [0.29, 0.717) is 31.2 Å². The summed E-state index contributed by atoms with van der Waals surface area (Å²) in [6, 6.07) is 12.8. The minimum atomic E-state index is -3.54. The van der Waals surface area contributed by atoms with E-state index in [0.717, 1.165) is 17.8 Å². The fraction of sp³-hybridized carbons (Fsp3) is 0.316. The van der Waals surface area contributed by atoms with Crippen molar-refractivity contribution in [1.29, 1.82) is 0 Å². The molecule has 8 nitrogen and oxygen atoms in total. The van der Waals surface area contributed by atoms with Gasteiger partial charge in [0.2, 0.25) is 10.0 Å². The van der Waals surface area contributed by atoms with Gasteiger partial charge in [-0.15, -0.1) is 5.10 Å². The SMILES string of the molecule is Cc1cc(S(=O)(=O)N2CCN(Cc3ccc(Cl)cc3)CC2)ccc1-n1cnnn1. The van der Waals surface area contributed by atoms with Crippen molar-refractivity contribution in [3.63, 3.8) is 0 Å². The van der Waals surface area contributed by atoms with Crippen LogP contribution in [-0.4, -0.2) is 64.0 Å². The van der Waals surface area contributed by atoms with Crippen molar-refractivity contribution in [3.05, 3.63) is 64.9 Å². The third kappa shape index (κ3) is 4.32. The van der Waals surface area contributed by atoms with Gasteiger partial charge in [-0.05, 0) is 58.8 Å². The Morgan fingerprint density at radius 3 is 2.38 bits per heavy atom. The van der Waals surface area contributed by atoms with Crippen LogP contribution in [0.25, 0.3) is 5.69 Å². The van der Waals surface area contributed by atoms with Crippen LogP contribution < -0.4 is 0 Å². The zero-order valence-corrected chi connectivity index (χ0v) is 17.5. The molecule has 0 unspecified atom stereocenters. The Balaban J connectivity index is 1.43. The van der Waals surface area contributed by atoms with E-state index < -0.39 is 10.0 Å². The van der Waals surface area contributed by atoms with E-state index in [1.165, 1.54) is 16.6 Å². The van der Waals surface area contributed by atoms with Gasteiger partial charge in [0.25, 0.3) is 0 Å². The molecular weight excluding hydrogens is 412 g/mol. The van der Waals surface area contributed by atoms with E-state index in [-0.39, 0.29) is 4.90 Å². The summed E-state index contributed by atoms with van der Waals surface area (Å²) in [6.07, 6.45) is 1.48. The number of benzene rings is 2. The van der Waals surface area contributed by atoms with Crippen LogP contribution >= 0.6 is 11.6 Å². The van der Waals surface area contributed by atoms with E-state index in [2.05, 4.69) is 20.4 Å². The quantitative estimate of drug-likeness (QED) is 0.614. The van der Waals surface area contributed by atoms with Gasteiger partial charge in [-0.3, -0.25) is 4.90 Å². The lowest BCUT2D eigenvalue weighted by molar-refractivity contribution is 0.181. The number of rotatable bonds is 5. The van der Waals surface area contributed by atoms with Crippen LogP contribution in [0.2, 0.25) is 5.02 Å². The van der Waals surface area contributed by atoms with Gasteiger partial charge in [0.15, 0.2) is 0 Å². The van der Waals surface area contributed by atoms with Gasteiger partial charge in [0, 0.05) is 37.7 Å². The highest BCUT2D eigenvalue weighted by atomic mass is 35.5. The normalized spacial score (nSPS) is 16.2. The summed E-state index contributed by atoms with van der Waals surface area (Å²) in [6.45, 7) is 4.92. The molecule has 152 valence electrons. The second-order valence-electron chi connectivity index (χ2n) is 7.01. The van der Waals surface area contributed by atoms with Gasteiger partial charge in [0.1, 0.15) is 6.33 Å². The van der Waals surface area contributed by atoms with Crippen molar-refractivity contribution in [2.45, 2.75) is 18.4 Å². The Labute approximate surface area is 174 Å². The first-order chi connectivity index (χ1) is 13.9. The molecule has 0 amide bonds. The number of aromatic nitrogens is 4. The number of hydrogen-bond acceptors (Lipinski definition) is 6. The number of nitrogens with zero attached hydrogens (tertiary/aromatic N) is 6. The summed E-state index contributed by atoms with van der Waals surface area (Å²) in [5.74, 6) is 0. The lowest BCUT2D eigenvalue weighted by Gasteiger charge is -2.34. The third-order valence-corrected chi connectivity index (χ3v) is 7.20. The Morgan fingerprint density at radius 2 is 1.76 bits per heavy atom. The molecule has 1 fully saturated rings. The molecule has 0 bridgehead atoms. The molecule has 2 heterocycles. The minimum Gasteiger partial charge on any atom is -0.296 e. The van der Waals surface area contributed by atoms with E-state index in [9.17, 15) is 8.42 Å². The van der Waals surface area contributed by atoms with Gasteiger partial charge in [0.05, 0.1) is 10.6 Å². The number of halogens is 1. The van der Waals surface area contributed by atoms with Gasteiger partial charge in [-0.1, -0.05) is 23.7 Å². The van der Waals surface area contributed by atoms with Crippen LogP contribution in [0.3, 0.4) is 0 Å². The molecule has 1 saturated heterocycles. The Kier molecular flexibility index (Phi) is 5.64. The molecule has 29 heavy (non-hydrogen) atoms. The Hall–Kier alpha value is -2.33. The average Bonchev–Trinajstić information content (AvgIpc) is 3.24. The maximum atomic E-state index is 13.1. The molecule has 4 rings (SSSR count). The molecule has 2 aromatic carbocycles. The standard InChI is InChI=1S/C19H21ClN6O2S/c1-15-12-18(6-7-19(15)26-14-21-22-23-26)29(27,28)25-10-8-24(9-11-25)13-16-2-4-17(20)5-3-16/h2-7,12,14H,8-11,13H2,1H3. The fourth-order valence-electron chi connectivity index (χ4n) is 3.44. The second kappa shape index (κ2) is 8.19. The molecular formula is C19H21ClN6O2S. The minimum absolute atomic E-state index is 0.290. The maximum Gasteiger partial charge on any atom is 0.243 e. The lowest BCUT2D eigenvalue weighted by Crippen LogP contribution is -2.48. The monoisotopic (exact) mass is 432 g/mol. The van der Waals surface area contributed by atoms with Crippen molar-refractivity contribution < 1.29 is 8.42 Å². The predicted molar refractivity (Wildman–Crippen MR) is 109 cm³/mol. The van der Waals surface area contributed by atoms with Crippen molar-refractivity contribution >= 4 is 21.6 Å². The number of sulfonamides is 1. The highest BCUT2D eigenvalue weighted by molar-refractivity contribution is 7.89. The topological polar surface area (TPSA) is 84.2 Å². The lowest BCUT2D eigenvalue weighted by atomic mass is 10.2. The zero-order valence-electron chi connectivity index (χ0n) is 15.9. The molecule has 0 radical (unpaired) electrons. The van der Waals surface area contributed by atoms with Gasteiger partial charge >= 0.3 is 0 Å². The maximum absolute atomic E-state index is 13.1. The summed E-state index contributed by atoms with van der Waals surface area (Å²) >= 11 is 5.93. The first-order valence-electron chi connectivity index (χ1n) is 9.24. The second-order valence-corrected chi connectivity index (χ2v) is 9.38. The summed E-state index contributed by atoms with van der Waals surface area (Å²) < 4.78 is 29.2. The summed E-state index contributed by atoms with van der Waals surface area (Å²) in [7, 11) is -3.54. The summed E-state index contributed by atoms with van der Waals surface area (Å²) in [5.41, 5.74) is 2.71. The van der Waals surface area contributed by atoms with Crippen LogP contribution in [0.1, 0.15) is 11.1 Å². The van der Waals surface area contributed by atoms with Gasteiger partial charge < -0.3 is 0 Å². The highest BCUT2D eigenvalue weighted by Gasteiger charge is 2.28. The van der Waals surface area contributed by atoms with Crippen molar-refractivity contribution in [2.24, 2.45) is 0 Å². The molecule has 0 saturated carbocycles. The first-order valence-corrected chi connectivity index (χ1v) is 11.1. The molecule has 3 aromatic rings. The number of tetrazole rings is 1. The molecule has 0 atom stereocenters. The fourth-order valence-corrected chi connectivity index (χ4v) is 5.08. The summed E-state index contributed by atoms with van der Waals surface area (Å²) in [5, 5.41) is 11.8. The molecule has 1 aliphatic heterocycles. The number of aryl methyl sites for hydroxylation is 1. The van der Waals surface area contributed by atoms with Crippen LogP contribution in [-0.2, 0) is 16.6 Å². The molecule has 0 N–H and O–H groups in total. The van der Waals surface area contributed by atoms with Crippen molar-refractivity contribution in [1.82, 2.24) is 29.4 Å². The van der Waals surface area contributed by atoms with Crippen LogP contribution in [0, 0.1) is 6.92 Å². The smallest absolute Gasteiger partial charge is 0.243 e. The summed E-state index contributed by atoms with van der Waals surface area (Å²) in [4.78, 5) is 2.54. The molecule has 0 aliphatic carbocycles. The Morgan fingerprint density at radius 1 is 1.03 bits per heavy atom. The first kappa shape index (κ1) is 20.0. The van der Waals surface area contributed by atoms with Crippen LogP contribution in [0.4, 0.5) is 0 Å². The molecule has 1 aliphatic rings. The zero-order chi connectivity index (χ0) is 20.4. The van der Waals surface area contributed by atoms with Gasteiger partial charge in [-0.2, -0.15) is 4.31 Å². The molecule has 10 heteroatoms.